The summed E-state index contributed by atoms with van der Waals surface area (Å²) in [6.45, 7) is 11.4. The van der Waals surface area contributed by atoms with Crippen molar-refractivity contribution < 1.29 is 24.2 Å². The first-order chi connectivity index (χ1) is 13.5. The van der Waals surface area contributed by atoms with E-state index in [9.17, 15) is 9.59 Å². The van der Waals surface area contributed by atoms with Gasteiger partial charge in [0.05, 0.1) is 11.1 Å². The van der Waals surface area contributed by atoms with Crippen LogP contribution < -0.4 is 4.74 Å². The highest BCUT2D eigenvalue weighted by molar-refractivity contribution is 6.02. The Hall–Kier alpha value is -2.82. The molecule has 0 radical (unpaired) electrons. The number of aromatic carboxylic acids is 1. The number of esters is 1. The molecule has 0 heterocycles. The molecule has 2 aromatic rings. The number of carboxylic acid groups (broad SMARTS) is 1. The molecule has 0 atom stereocenters. The van der Waals surface area contributed by atoms with Crippen molar-refractivity contribution >= 4 is 11.9 Å². The van der Waals surface area contributed by atoms with E-state index in [1.165, 1.54) is 17.7 Å². The molecule has 0 fully saturated rings. The second-order valence-corrected chi connectivity index (χ2v) is 8.98. The third-order valence-electron chi connectivity index (χ3n) is 4.57. The van der Waals surface area contributed by atoms with E-state index in [0.717, 1.165) is 6.42 Å². The number of rotatable bonds is 8. The van der Waals surface area contributed by atoms with Gasteiger partial charge in [-0.25, -0.2) is 9.59 Å². The molecule has 0 amide bonds. The molecule has 1 N–H and O–H groups in total. The lowest BCUT2D eigenvalue weighted by atomic mass is 9.72. The summed E-state index contributed by atoms with van der Waals surface area (Å²) in [6, 6.07) is 13.9. The van der Waals surface area contributed by atoms with Gasteiger partial charge >= 0.3 is 11.9 Å². The van der Waals surface area contributed by atoms with Gasteiger partial charge < -0.3 is 14.6 Å². The first-order valence-electron chi connectivity index (χ1n) is 9.72. The van der Waals surface area contributed by atoms with E-state index in [1.54, 1.807) is 12.1 Å². The number of hydrogen-bond donors (Lipinski definition) is 1. The van der Waals surface area contributed by atoms with Crippen molar-refractivity contribution in [3.05, 3.63) is 65.2 Å². The fraction of sp³-hybridized carbons (Fsp3) is 0.417. The van der Waals surface area contributed by atoms with Crippen LogP contribution in [0.1, 0.15) is 67.3 Å². The molecule has 0 spiro atoms. The summed E-state index contributed by atoms with van der Waals surface area (Å²) in [4.78, 5) is 23.3. The van der Waals surface area contributed by atoms with Crippen LogP contribution in [0.25, 0.3) is 0 Å². The van der Waals surface area contributed by atoms with Crippen molar-refractivity contribution in [2.45, 2.75) is 46.5 Å². The van der Waals surface area contributed by atoms with Gasteiger partial charge in [-0.1, -0.05) is 58.9 Å². The fourth-order valence-electron chi connectivity index (χ4n) is 3.65. The minimum Gasteiger partial charge on any atom is -0.490 e. The Morgan fingerprint density at radius 3 is 2.00 bits per heavy atom. The summed E-state index contributed by atoms with van der Waals surface area (Å²) in [6.07, 6.45) is 1.06. The van der Waals surface area contributed by atoms with Crippen LogP contribution in [0, 0.1) is 5.41 Å². The lowest BCUT2D eigenvalue weighted by Gasteiger charge is -2.33. The topological polar surface area (TPSA) is 72.8 Å². The van der Waals surface area contributed by atoms with Crippen molar-refractivity contribution in [1.82, 2.24) is 0 Å². The Morgan fingerprint density at radius 1 is 0.862 bits per heavy atom. The Kier molecular flexibility index (Phi) is 7.07. The molecule has 0 unspecified atom stereocenters. The smallest absolute Gasteiger partial charge is 0.339 e. The fourth-order valence-corrected chi connectivity index (χ4v) is 3.65. The number of ether oxygens (including phenoxy) is 2. The van der Waals surface area contributed by atoms with Gasteiger partial charge in [-0.15, -0.1) is 0 Å². The second-order valence-electron chi connectivity index (χ2n) is 8.98. The third kappa shape index (κ3) is 6.63. The normalized spacial score (nSPS) is 11.8. The molecule has 0 aliphatic heterocycles. The summed E-state index contributed by atoms with van der Waals surface area (Å²) < 4.78 is 10.8. The second kappa shape index (κ2) is 9.12. The number of carboxylic acids is 1. The Balaban J connectivity index is 1.87. The van der Waals surface area contributed by atoms with E-state index in [-0.39, 0.29) is 35.2 Å². The highest BCUT2D eigenvalue weighted by Crippen LogP contribution is 2.36. The van der Waals surface area contributed by atoms with Gasteiger partial charge in [0.15, 0.2) is 0 Å². The van der Waals surface area contributed by atoms with Crippen molar-refractivity contribution in [2.24, 2.45) is 5.41 Å². The predicted molar refractivity (Wildman–Crippen MR) is 113 cm³/mol. The van der Waals surface area contributed by atoms with Gasteiger partial charge in [-0.3, -0.25) is 0 Å². The van der Waals surface area contributed by atoms with E-state index < -0.39 is 11.9 Å². The van der Waals surface area contributed by atoms with Gasteiger partial charge in [0.1, 0.15) is 19.0 Å². The maximum atomic E-state index is 12.1. The zero-order valence-corrected chi connectivity index (χ0v) is 17.8. The molecule has 0 saturated carbocycles. The average Bonchev–Trinajstić information content (AvgIpc) is 2.63. The number of carbonyl (C=O) groups is 2. The van der Waals surface area contributed by atoms with E-state index in [0.29, 0.717) is 5.75 Å². The molecule has 2 aromatic carbocycles. The molecule has 0 aliphatic rings. The van der Waals surface area contributed by atoms with Gasteiger partial charge in [0.25, 0.3) is 0 Å². The van der Waals surface area contributed by atoms with Crippen molar-refractivity contribution in [3.8, 4) is 5.75 Å². The first-order valence-corrected chi connectivity index (χ1v) is 9.72. The highest BCUT2D eigenvalue weighted by Gasteiger charge is 2.27. The van der Waals surface area contributed by atoms with Crippen LogP contribution in [0.5, 0.6) is 5.75 Å². The highest BCUT2D eigenvalue weighted by atomic mass is 16.6. The van der Waals surface area contributed by atoms with Gasteiger partial charge in [0.2, 0.25) is 0 Å². The predicted octanol–water partition coefficient (Wildman–Crippen LogP) is 5.33. The van der Waals surface area contributed by atoms with Gasteiger partial charge in [-0.05, 0) is 47.1 Å². The van der Waals surface area contributed by atoms with Crippen molar-refractivity contribution in [2.75, 3.05) is 13.2 Å². The quantitative estimate of drug-likeness (QED) is 0.480. The molecule has 29 heavy (non-hydrogen) atoms. The van der Waals surface area contributed by atoms with Crippen LogP contribution in [0.4, 0.5) is 0 Å². The summed E-state index contributed by atoms with van der Waals surface area (Å²) in [5.41, 5.74) is 1.50. The van der Waals surface area contributed by atoms with Gasteiger partial charge in [-0.2, -0.15) is 0 Å². The van der Waals surface area contributed by atoms with Crippen molar-refractivity contribution in [1.29, 1.82) is 0 Å². The molecule has 5 nitrogen and oxygen atoms in total. The van der Waals surface area contributed by atoms with Crippen LogP contribution in [-0.4, -0.2) is 30.3 Å². The number of benzene rings is 2. The third-order valence-corrected chi connectivity index (χ3v) is 4.57. The molecule has 156 valence electrons. The zero-order valence-electron chi connectivity index (χ0n) is 17.8. The summed E-state index contributed by atoms with van der Waals surface area (Å²) in [5, 5.41) is 9.14. The molecule has 0 saturated heterocycles. The number of carbonyl (C=O) groups excluding carboxylic acids is 1. The molecule has 0 bridgehead atoms. The minimum atomic E-state index is -1.16. The van der Waals surface area contributed by atoms with E-state index in [2.05, 4.69) is 46.8 Å². The molecule has 2 rings (SSSR count). The maximum absolute atomic E-state index is 12.1. The zero-order chi connectivity index (χ0) is 21.7. The van der Waals surface area contributed by atoms with Crippen molar-refractivity contribution in [3.63, 3.8) is 0 Å². The molecular formula is C24H30O5. The van der Waals surface area contributed by atoms with Crippen LogP contribution in [0.3, 0.4) is 0 Å². The Bertz CT molecular complexity index is 844. The van der Waals surface area contributed by atoms with Crippen LogP contribution in [0.15, 0.2) is 48.5 Å². The van der Waals surface area contributed by atoms with Crippen LogP contribution in [0.2, 0.25) is 0 Å². The van der Waals surface area contributed by atoms with E-state index in [1.807, 2.05) is 12.1 Å². The Labute approximate surface area is 172 Å². The summed E-state index contributed by atoms with van der Waals surface area (Å²) >= 11 is 0. The summed E-state index contributed by atoms with van der Waals surface area (Å²) in [7, 11) is 0. The molecule has 5 heteroatoms. The van der Waals surface area contributed by atoms with Crippen LogP contribution >= 0.6 is 0 Å². The van der Waals surface area contributed by atoms with E-state index >= 15 is 0 Å². The Morgan fingerprint density at radius 2 is 1.45 bits per heavy atom. The lowest BCUT2D eigenvalue weighted by Crippen LogP contribution is -2.24. The first kappa shape index (κ1) is 22.5. The monoisotopic (exact) mass is 398 g/mol. The SMILES string of the molecule is CC(C)(C)CC(C)(C)c1ccc(OCCOC(=O)c2ccccc2C(=O)O)cc1. The van der Waals surface area contributed by atoms with E-state index in [4.69, 9.17) is 14.6 Å². The standard InChI is InChI=1S/C24H30O5/c1-23(2,3)16-24(4,5)17-10-12-18(13-11-17)28-14-15-29-22(27)20-9-7-6-8-19(20)21(25)26/h6-13H,14-16H2,1-5H3,(H,25,26). The minimum absolute atomic E-state index is 0.0318. The van der Waals surface area contributed by atoms with Crippen LogP contribution in [-0.2, 0) is 10.2 Å². The van der Waals surface area contributed by atoms with Gasteiger partial charge in [0, 0.05) is 0 Å². The lowest BCUT2D eigenvalue weighted by molar-refractivity contribution is 0.0442. The number of hydrogen-bond acceptors (Lipinski definition) is 4. The average molecular weight is 398 g/mol. The molecular weight excluding hydrogens is 368 g/mol. The molecule has 0 aliphatic carbocycles. The summed E-state index contributed by atoms with van der Waals surface area (Å²) in [5.74, 6) is -1.14. The molecule has 0 aromatic heterocycles. The maximum Gasteiger partial charge on any atom is 0.339 e. The largest absolute Gasteiger partial charge is 0.490 e.